The van der Waals surface area contributed by atoms with E-state index >= 15 is 0 Å². The Morgan fingerprint density at radius 3 is 2.42 bits per heavy atom. The molecule has 3 rings (SSSR count). The van der Waals surface area contributed by atoms with E-state index in [9.17, 15) is 4.79 Å². The van der Waals surface area contributed by atoms with Gasteiger partial charge in [0.25, 0.3) is 0 Å². The molecule has 0 bridgehead atoms. The van der Waals surface area contributed by atoms with E-state index in [1.54, 1.807) is 7.11 Å². The number of nitrogens with zero attached hydrogens (tertiary/aromatic N) is 1. The lowest BCUT2D eigenvalue weighted by Crippen LogP contribution is -2.46. The molecule has 2 aromatic carbocycles. The number of fused-ring (bicyclic) bond motifs is 1. The van der Waals surface area contributed by atoms with Crippen molar-refractivity contribution < 1.29 is 19.0 Å². The third kappa shape index (κ3) is 4.35. The molecule has 0 radical (unpaired) electrons. The molecule has 138 valence electrons. The maximum Gasteiger partial charge on any atom is 0.323 e. The van der Waals surface area contributed by atoms with E-state index in [2.05, 4.69) is 17.0 Å². The van der Waals surface area contributed by atoms with Gasteiger partial charge in [-0.15, -0.1) is 0 Å². The van der Waals surface area contributed by atoms with E-state index in [1.807, 2.05) is 36.4 Å². The van der Waals surface area contributed by atoms with Crippen molar-refractivity contribution in [3.63, 3.8) is 0 Å². The topological polar surface area (TPSA) is 48.0 Å². The van der Waals surface area contributed by atoms with Gasteiger partial charge >= 0.3 is 5.97 Å². The Morgan fingerprint density at radius 2 is 1.73 bits per heavy atom. The van der Waals surface area contributed by atoms with Crippen molar-refractivity contribution in [3.05, 3.63) is 59.7 Å². The van der Waals surface area contributed by atoms with Crippen LogP contribution in [0.15, 0.2) is 48.5 Å². The highest BCUT2D eigenvalue weighted by atomic mass is 16.5. The van der Waals surface area contributed by atoms with Crippen molar-refractivity contribution in [2.75, 3.05) is 27.4 Å². The van der Waals surface area contributed by atoms with Gasteiger partial charge in [-0.3, -0.25) is 9.69 Å². The largest absolute Gasteiger partial charge is 0.497 e. The average molecular weight is 355 g/mol. The molecule has 1 aliphatic rings. The number of carbonyl (C=O) groups is 1. The number of hydrogen-bond donors (Lipinski definition) is 0. The smallest absolute Gasteiger partial charge is 0.323 e. The SMILES string of the molecule is COC(=O)C1Cc2ccccc2CN1CCCOc1ccc(OC)cc1. The van der Waals surface area contributed by atoms with Crippen molar-refractivity contribution in [2.24, 2.45) is 0 Å². The second kappa shape index (κ2) is 8.72. The fourth-order valence-corrected chi connectivity index (χ4v) is 3.31. The zero-order valence-electron chi connectivity index (χ0n) is 15.3. The van der Waals surface area contributed by atoms with E-state index in [1.165, 1.54) is 18.2 Å². The van der Waals surface area contributed by atoms with Crippen LogP contribution in [0.3, 0.4) is 0 Å². The second-order valence-corrected chi connectivity index (χ2v) is 6.36. The molecular formula is C21H25NO4. The fourth-order valence-electron chi connectivity index (χ4n) is 3.31. The molecule has 0 amide bonds. The molecule has 5 nitrogen and oxygen atoms in total. The highest BCUT2D eigenvalue weighted by Crippen LogP contribution is 2.24. The van der Waals surface area contributed by atoms with Crippen LogP contribution in [0, 0.1) is 0 Å². The van der Waals surface area contributed by atoms with Crippen LogP contribution < -0.4 is 9.47 Å². The van der Waals surface area contributed by atoms with Gasteiger partial charge in [0.05, 0.1) is 20.8 Å². The van der Waals surface area contributed by atoms with Crippen molar-refractivity contribution >= 4 is 5.97 Å². The summed E-state index contributed by atoms with van der Waals surface area (Å²) >= 11 is 0. The maximum atomic E-state index is 12.2. The zero-order valence-corrected chi connectivity index (χ0v) is 15.3. The Labute approximate surface area is 154 Å². The van der Waals surface area contributed by atoms with Crippen LogP contribution in [0.4, 0.5) is 0 Å². The molecule has 1 atom stereocenters. The Kier molecular flexibility index (Phi) is 6.12. The predicted octanol–water partition coefficient (Wildman–Crippen LogP) is 3.06. The monoisotopic (exact) mass is 355 g/mol. The molecule has 1 aliphatic heterocycles. The first kappa shape index (κ1) is 18.3. The van der Waals surface area contributed by atoms with E-state index in [0.29, 0.717) is 13.0 Å². The van der Waals surface area contributed by atoms with Gasteiger partial charge in [0.15, 0.2) is 0 Å². The molecule has 0 fully saturated rings. The van der Waals surface area contributed by atoms with Gasteiger partial charge in [0.1, 0.15) is 17.5 Å². The number of ether oxygens (including phenoxy) is 3. The molecule has 0 saturated carbocycles. The standard InChI is InChI=1S/C21H25NO4/c1-24-18-8-10-19(11-9-18)26-13-5-12-22-15-17-7-4-3-6-16(17)14-20(22)21(23)25-2/h3-4,6-11,20H,5,12-15H2,1-2H3. The molecule has 26 heavy (non-hydrogen) atoms. The van der Waals surface area contributed by atoms with Crippen LogP contribution in [-0.4, -0.2) is 44.3 Å². The molecule has 0 aromatic heterocycles. The summed E-state index contributed by atoms with van der Waals surface area (Å²) in [5.74, 6) is 1.46. The summed E-state index contributed by atoms with van der Waals surface area (Å²) in [4.78, 5) is 14.4. The van der Waals surface area contributed by atoms with Crippen LogP contribution >= 0.6 is 0 Å². The van der Waals surface area contributed by atoms with Crippen molar-refractivity contribution in [3.8, 4) is 11.5 Å². The Hall–Kier alpha value is -2.53. The van der Waals surface area contributed by atoms with Crippen molar-refractivity contribution in [1.29, 1.82) is 0 Å². The first-order valence-corrected chi connectivity index (χ1v) is 8.87. The third-order valence-electron chi connectivity index (χ3n) is 4.74. The van der Waals surface area contributed by atoms with Crippen LogP contribution in [-0.2, 0) is 22.5 Å². The van der Waals surface area contributed by atoms with Crippen molar-refractivity contribution in [2.45, 2.75) is 25.4 Å². The maximum absolute atomic E-state index is 12.2. The van der Waals surface area contributed by atoms with Crippen LogP contribution in [0.5, 0.6) is 11.5 Å². The highest BCUT2D eigenvalue weighted by Gasteiger charge is 2.31. The fraction of sp³-hybridized carbons (Fsp3) is 0.381. The molecule has 0 saturated heterocycles. The Morgan fingerprint density at radius 1 is 1.04 bits per heavy atom. The first-order chi connectivity index (χ1) is 12.7. The van der Waals surface area contributed by atoms with E-state index in [-0.39, 0.29) is 12.0 Å². The van der Waals surface area contributed by atoms with Gasteiger partial charge < -0.3 is 14.2 Å². The van der Waals surface area contributed by atoms with Crippen LogP contribution in [0.1, 0.15) is 17.5 Å². The summed E-state index contributed by atoms with van der Waals surface area (Å²) in [7, 11) is 3.10. The van der Waals surface area contributed by atoms with Crippen LogP contribution in [0.2, 0.25) is 0 Å². The number of carbonyl (C=O) groups excluding carboxylic acids is 1. The number of methoxy groups -OCH3 is 2. The summed E-state index contributed by atoms with van der Waals surface area (Å²) in [6.45, 7) is 2.14. The summed E-state index contributed by atoms with van der Waals surface area (Å²) < 4.78 is 15.9. The summed E-state index contributed by atoms with van der Waals surface area (Å²) in [5.41, 5.74) is 2.51. The average Bonchev–Trinajstić information content (AvgIpc) is 2.70. The lowest BCUT2D eigenvalue weighted by Gasteiger charge is -2.35. The molecule has 1 unspecified atom stereocenters. The molecule has 0 spiro atoms. The zero-order chi connectivity index (χ0) is 18.4. The molecule has 5 heteroatoms. The number of hydrogen-bond acceptors (Lipinski definition) is 5. The first-order valence-electron chi connectivity index (χ1n) is 8.87. The van der Waals surface area contributed by atoms with E-state index in [0.717, 1.165) is 31.0 Å². The molecule has 2 aromatic rings. The number of rotatable bonds is 7. The van der Waals surface area contributed by atoms with Gasteiger partial charge in [-0.1, -0.05) is 24.3 Å². The quantitative estimate of drug-likeness (QED) is 0.564. The highest BCUT2D eigenvalue weighted by molar-refractivity contribution is 5.76. The second-order valence-electron chi connectivity index (χ2n) is 6.36. The Bertz CT molecular complexity index is 729. The van der Waals surface area contributed by atoms with Gasteiger partial charge in [0, 0.05) is 13.1 Å². The third-order valence-corrected chi connectivity index (χ3v) is 4.74. The summed E-state index contributed by atoms with van der Waals surface area (Å²) in [6.07, 6.45) is 1.53. The molecule has 0 aliphatic carbocycles. The summed E-state index contributed by atoms with van der Waals surface area (Å²) in [6, 6.07) is 15.6. The minimum absolute atomic E-state index is 0.171. The van der Waals surface area contributed by atoms with E-state index < -0.39 is 0 Å². The predicted molar refractivity (Wildman–Crippen MR) is 99.5 cm³/mol. The van der Waals surface area contributed by atoms with E-state index in [4.69, 9.17) is 14.2 Å². The van der Waals surface area contributed by atoms with Gasteiger partial charge in [0.2, 0.25) is 0 Å². The summed E-state index contributed by atoms with van der Waals surface area (Å²) in [5, 5.41) is 0. The molecular weight excluding hydrogens is 330 g/mol. The molecule has 1 heterocycles. The minimum atomic E-state index is -0.226. The van der Waals surface area contributed by atoms with Gasteiger partial charge in [-0.05, 0) is 48.2 Å². The lowest BCUT2D eigenvalue weighted by atomic mass is 9.94. The van der Waals surface area contributed by atoms with Gasteiger partial charge in [-0.25, -0.2) is 0 Å². The molecule has 0 N–H and O–H groups in total. The van der Waals surface area contributed by atoms with Crippen molar-refractivity contribution in [1.82, 2.24) is 4.90 Å². The lowest BCUT2D eigenvalue weighted by molar-refractivity contribution is -0.147. The normalized spacial score (nSPS) is 16.6. The number of esters is 1. The van der Waals surface area contributed by atoms with Crippen LogP contribution in [0.25, 0.3) is 0 Å². The Balaban J connectivity index is 1.55. The minimum Gasteiger partial charge on any atom is -0.497 e. The van der Waals surface area contributed by atoms with Gasteiger partial charge in [-0.2, -0.15) is 0 Å². The number of benzene rings is 2.